The van der Waals surface area contributed by atoms with E-state index >= 15 is 0 Å². The lowest BCUT2D eigenvalue weighted by Gasteiger charge is -2.33. The van der Waals surface area contributed by atoms with Crippen LogP contribution in [-0.2, 0) is 4.79 Å². The van der Waals surface area contributed by atoms with Crippen molar-refractivity contribution in [3.8, 4) is 17.2 Å². The maximum absolute atomic E-state index is 10.7. The lowest BCUT2D eigenvalue weighted by Crippen LogP contribution is -2.47. The second-order valence-corrected chi connectivity index (χ2v) is 8.10. The highest BCUT2D eigenvalue weighted by atomic mass is 35.5. The number of aldehydes is 1. The third-order valence-corrected chi connectivity index (χ3v) is 5.99. The number of ether oxygens (including phenoxy) is 3. The molecule has 1 saturated heterocycles. The molecule has 0 unspecified atom stereocenters. The molecule has 3 aromatic rings. The number of aromatic nitrogens is 3. The van der Waals surface area contributed by atoms with Crippen LogP contribution >= 0.6 is 11.6 Å². The summed E-state index contributed by atoms with van der Waals surface area (Å²) in [5, 5.41) is 4.25. The van der Waals surface area contributed by atoms with Gasteiger partial charge in [-0.1, -0.05) is 11.6 Å². The van der Waals surface area contributed by atoms with Gasteiger partial charge in [-0.15, -0.1) is 0 Å². The van der Waals surface area contributed by atoms with Gasteiger partial charge in [-0.3, -0.25) is 9.80 Å². The van der Waals surface area contributed by atoms with Crippen LogP contribution < -0.4 is 19.5 Å². The second-order valence-electron chi connectivity index (χ2n) is 7.74. The van der Waals surface area contributed by atoms with Gasteiger partial charge in [0.2, 0.25) is 0 Å². The van der Waals surface area contributed by atoms with Crippen molar-refractivity contribution in [2.24, 2.45) is 0 Å². The van der Waals surface area contributed by atoms with E-state index in [2.05, 4.69) is 30.1 Å². The molecule has 1 aliphatic heterocycles. The van der Waals surface area contributed by atoms with E-state index in [1.54, 1.807) is 26.5 Å². The minimum absolute atomic E-state index is 0.298. The lowest BCUT2D eigenvalue weighted by molar-refractivity contribution is -0.109. The third-order valence-electron chi connectivity index (χ3n) is 5.69. The standard InChI is InChI=1S/C23H27ClN6O4/c1-32-16-11-19(22(24)25-14-16)28-23-17-12-20(33-2)21(13-18(17)26-15-27-23)34-10-8-30-5-3-29(4-6-30)7-9-31/h9,11-15H,3-8,10H2,1-2H3,(H,26,27,28). The summed E-state index contributed by atoms with van der Waals surface area (Å²) < 4.78 is 16.9. The van der Waals surface area contributed by atoms with Crippen LogP contribution in [-0.4, -0.2) is 91.1 Å². The molecule has 4 rings (SSSR count). The second kappa shape index (κ2) is 11.3. The molecule has 0 atom stereocenters. The molecule has 11 heteroatoms. The molecule has 180 valence electrons. The minimum atomic E-state index is 0.298. The highest BCUT2D eigenvalue weighted by Crippen LogP contribution is 2.36. The Kier molecular flexibility index (Phi) is 7.94. The molecule has 0 radical (unpaired) electrons. The van der Waals surface area contributed by atoms with E-state index in [-0.39, 0.29) is 0 Å². The predicted octanol–water partition coefficient (Wildman–Crippen LogP) is 2.63. The predicted molar refractivity (Wildman–Crippen MR) is 130 cm³/mol. The quantitative estimate of drug-likeness (QED) is 0.340. The van der Waals surface area contributed by atoms with Gasteiger partial charge in [-0.05, 0) is 6.07 Å². The first-order valence-corrected chi connectivity index (χ1v) is 11.3. The van der Waals surface area contributed by atoms with Gasteiger partial charge in [0.25, 0.3) is 0 Å². The van der Waals surface area contributed by atoms with Crippen molar-refractivity contribution in [3.05, 3.63) is 35.9 Å². The lowest BCUT2D eigenvalue weighted by atomic mass is 10.2. The minimum Gasteiger partial charge on any atom is -0.495 e. The summed E-state index contributed by atoms with van der Waals surface area (Å²) in [4.78, 5) is 28.0. The number of benzene rings is 1. The summed E-state index contributed by atoms with van der Waals surface area (Å²) in [6.45, 7) is 5.39. The molecular weight excluding hydrogens is 460 g/mol. The number of pyridine rings is 1. The highest BCUT2D eigenvalue weighted by molar-refractivity contribution is 6.32. The molecule has 1 fully saturated rings. The Balaban J connectivity index is 1.47. The number of nitrogens with one attached hydrogen (secondary N) is 1. The molecule has 0 spiro atoms. The van der Waals surface area contributed by atoms with Gasteiger partial charge < -0.3 is 24.3 Å². The number of nitrogens with zero attached hydrogens (tertiary/aromatic N) is 5. The molecule has 1 N–H and O–H groups in total. The first kappa shape index (κ1) is 23.9. The monoisotopic (exact) mass is 486 g/mol. The topological polar surface area (TPSA) is 102 Å². The van der Waals surface area contributed by atoms with Crippen LogP contribution in [0.5, 0.6) is 17.2 Å². The Morgan fingerprint density at radius 1 is 1.03 bits per heavy atom. The Morgan fingerprint density at radius 2 is 1.82 bits per heavy atom. The van der Waals surface area contributed by atoms with E-state index in [1.165, 1.54) is 6.33 Å². The normalized spacial score (nSPS) is 14.7. The zero-order chi connectivity index (χ0) is 23.9. The van der Waals surface area contributed by atoms with Crippen LogP contribution in [0.15, 0.2) is 30.7 Å². The molecule has 10 nitrogen and oxygen atoms in total. The van der Waals surface area contributed by atoms with Crippen molar-refractivity contribution < 1.29 is 19.0 Å². The van der Waals surface area contributed by atoms with Gasteiger partial charge in [-0.2, -0.15) is 0 Å². The van der Waals surface area contributed by atoms with E-state index < -0.39 is 0 Å². The number of halogens is 1. The largest absolute Gasteiger partial charge is 0.495 e. The van der Waals surface area contributed by atoms with Gasteiger partial charge >= 0.3 is 0 Å². The SMILES string of the molecule is COc1cnc(Cl)c(Nc2ncnc3cc(OCCN4CCN(CC=O)CC4)c(OC)cc23)c1. The Labute approximate surface area is 202 Å². The van der Waals surface area contributed by atoms with E-state index in [4.69, 9.17) is 25.8 Å². The van der Waals surface area contributed by atoms with Crippen molar-refractivity contribution in [1.82, 2.24) is 24.8 Å². The number of carbonyl (C=O) groups excluding carboxylic acids is 1. The number of methoxy groups -OCH3 is 2. The summed E-state index contributed by atoms with van der Waals surface area (Å²) in [6, 6.07) is 5.43. The summed E-state index contributed by atoms with van der Waals surface area (Å²) in [5.74, 6) is 2.32. The van der Waals surface area contributed by atoms with E-state index in [0.717, 1.165) is 44.4 Å². The molecule has 2 aromatic heterocycles. The summed E-state index contributed by atoms with van der Waals surface area (Å²) in [6.07, 6.45) is 3.97. The molecule has 0 aliphatic carbocycles. The van der Waals surface area contributed by atoms with Crippen LogP contribution in [0.1, 0.15) is 0 Å². The van der Waals surface area contributed by atoms with Gasteiger partial charge in [0, 0.05) is 50.2 Å². The van der Waals surface area contributed by atoms with Crippen LogP contribution in [0.25, 0.3) is 10.9 Å². The van der Waals surface area contributed by atoms with Gasteiger partial charge in [0.1, 0.15) is 30.8 Å². The van der Waals surface area contributed by atoms with Crippen molar-refractivity contribution in [3.63, 3.8) is 0 Å². The van der Waals surface area contributed by atoms with Crippen molar-refractivity contribution >= 4 is 40.3 Å². The zero-order valence-corrected chi connectivity index (χ0v) is 19.9. The van der Waals surface area contributed by atoms with E-state index in [0.29, 0.717) is 52.6 Å². The maximum Gasteiger partial charge on any atom is 0.163 e. The smallest absolute Gasteiger partial charge is 0.163 e. The fourth-order valence-corrected chi connectivity index (χ4v) is 3.93. The Morgan fingerprint density at radius 3 is 2.56 bits per heavy atom. The molecule has 1 aromatic carbocycles. The van der Waals surface area contributed by atoms with Crippen molar-refractivity contribution in [1.29, 1.82) is 0 Å². The Bertz CT molecular complexity index is 1140. The summed E-state index contributed by atoms with van der Waals surface area (Å²) in [7, 11) is 3.16. The van der Waals surface area contributed by atoms with Gasteiger partial charge in [0.15, 0.2) is 16.7 Å². The summed E-state index contributed by atoms with van der Waals surface area (Å²) >= 11 is 6.24. The highest BCUT2D eigenvalue weighted by Gasteiger charge is 2.17. The number of hydrogen-bond donors (Lipinski definition) is 1. The number of piperazine rings is 1. The van der Waals surface area contributed by atoms with E-state index in [9.17, 15) is 4.79 Å². The fourth-order valence-electron chi connectivity index (χ4n) is 3.78. The van der Waals surface area contributed by atoms with Crippen molar-refractivity contribution in [2.75, 3.05) is 65.4 Å². The fraction of sp³-hybridized carbons (Fsp3) is 0.391. The average Bonchev–Trinajstić information content (AvgIpc) is 2.86. The van der Waals surface area contributed by atoms with Gasteiger partial charge in [-0.25, -0.2) is 15.0 Å². The van der Waals surface area contributed by atoms with E-state index in [1.807, 2.05) is 12.1 Å². The molecule has 0 amide bonds. The van der Waals surface area contributed by atoms with Crippen LogP contribution in [0.3, 0.4) is 0 Å². The first-order chi connectivity index (χ1) is 16.6. The molecule has 1 aliphatic rings. The maximum atomic E-state index is 10.7. The number of fused-ring (bicyclic) bond motifs is 1. The first-order valence-electron chi connectivity index (χ1n) is 10.9. The van der Waals surface area contributed by atoms with Crippen LogP contribution in [0, 0.1) is 0 Å². The average molecular weight is 487 g/mol. The van der Waals surface area contributed by atoms with Crippen LogP contribution in [0.4, 0.5) is 11.5 Å². The summed E-state index contributed by atoms with van der Waals surface area (Å²) in [5.41, 5.74) is 1.26. The van der Waals surface area contributed by atoms with Gasteiger partial charge in [0.05, 0.1) is 38.2 Å². The molecule has 34 heavy (non-hydrogen) atoms. The number of carbonyl (C=O) groups is 1. The molecule has 0 saturated carbocycles. The molecular formula is C23H27ClN6O4. The third kappa shape index (κ3) is 5.64. The Hall–Kier alpha value is -3.21. The zero-order valence-electron chi connectivity index (χ0n) is 19.2. The van der Waals surface area contributed by atoms with Crippen molar-refractivity contribution in [2.45, 2.75) is 0 Å². The number of anilines is 2. The molecule has 0 bridgehead atoms. The van der Waals surface area contributed by atoms with Crippen LogP contribution in [0.2, 0.25) is 5.15 Å². The number of hydrogen-bond acceptors (Lipinski definition) is 10. The number of rotatable bonds is 10. The molecule has 3 heterocycles.